The number of ether oxygens (including phenoxy) is 1. The highest BCUT2D eigenvalue weighted by Crippen LogP contribution is 2.05. The molecule has 0 saturated carbocycles. The van der Waals surface area contributed by atoms with Crippen molar-refractivity contribution in [2.45, 2.75) is 19.1 Å². The van der Waals surface area contributed by atoms with E-state index in [9.17, 15) is 4.79 Å². The van der Waals surface area contributed by atoms with Crippen molar-refractivity contribution in [3.8, 4) is 0 Å². The predicted molar refractivity (Wildman–Crippen MR) is 82.8 cm³/mol. The second-order valence-electron chi connectivity index (χ2n) is 4.49. The largest absolute Gasteiger partial charge is 0.460 e. The minimum Gasteiger partial charge on any atom is -0.460 e. The van der Waals surface area contributed by atoms with E-state index < -0.39 is 6.04 Å². The van der Waals surface area contributed by atoms with Gasteiger partial charge in [-0.05, 0) is 17.5 Å². The molecule has 0 aliphatic carbocycles. The van der Waals surface area contributed by atoms with Crippen molar-refractivity contribution in [1.29, 1.82) is 5.41 Å². The van der Waals surface area contributed by atoms with Crippen LogP contribution in [0.4, 0.5) is 0 Å². The summed E-state index contributed by atoms with van der Waals surface area (Å²) in [6, 6.07) is 18.6. The van der Waals surface area contributed by atoms with Gasteiger partial charge in [0.15, 0.2) is 0 Å². The van der Waals surface area contributed by atoms with Gasteiger partial charge in [0.05, 0.1) is 0 Å². The van der Waals surface area contributed by atoms with Crippen LogP contribution in [0.5, 0.6) is 0 Å². The molecule has 5 heteroatoms. The van der Waals surface area contributed by atoms with Crippen LogP contribution in [0.25, 0.3) is 0 Å². The van der Waals surface area contributed by atoms with Gasteiger partial charge in [0.2, 0.25) is 6.08 Å². The average Bonchev–Trinajstić information content (AvgIpc) is 2.55. The fraction of sp³-hybridized carbons (Fsp3) is 0.176. The van der Waals surface area contributed by atoms with Crippen LogP contribution in [-0.4, -0.2) is 18.1 Å². The molecule has 114 valence electrons. The Morgan fingerprint density at radius 2 is 1.50 bits per heavy atom. The second kappa shape index (κ2) is 10.0. The molecule has 0 aliphatic heterocycles. The number of isocyanates is 1. The van der Waals surface area contributed by atoms with E-state index in [1.807, 2.05) is 60.7 Å². The Morgan fingerprint density at radius 1 is 1.05 bits per heavy atom. The summed E-state index contributed by atoms with van der Waals surface area (Å²) in [4.78, 5) is 20.1. The summed E-state index contributed by atoms with van der Waals surface area (Å²) < 4.78 is 5.20. The van der Waals surface area contributed by atoms with Crippen molar-refractivity contribution in [2.24, 2.45) is 5.73 Å². The summed E-state index contributed by atoms with van der Waals surface area (Å²) in [5.74, 6) is -0.368. The molecule has 5 nitrogen and oxygen atoms in total. The summed E-state index contributed by atoms with van der Waals surface area (Å²) in [5, 5.41) is 5.40. The maximum Gasteiger partial charge on any atom is 0.323 e. The van der Waals surface area contributed by atoms with Crippen LogP contribution < -0.4 is 5.73 Å². The van der Waals surface area contributed by atoms with Crippen molar-refractivity contribution in [2.75, 3.05) is 0 Å². The third kappa shape index (κ3) is 6.61. The van der Waals surface area contributed by atoms with Crippen molar-refractivity contribution in [3.63, 3.8) is 0 Å². The third-order valence-electron chi connectivity index (χ3n) is 2.83. The highest BCUT2D eigenvalue weighted by atomic mass is 16.5. The molecular formula is C17H18N2O3. The number of esters is 1. The van der Waals surface area contributed by atoms with E-state index in [4.69, 9.17) is 20.7 Å². The molecule has 0 bridgehead atoms. The maximum atomic E-state index is 11.8. The molecule has 22 heavy (non-hydrogen) atoms. The highest BCUT2D eigenvalue weighted by molar-refractivity contribution is 5.75. The van der Waals surface area contributed by atoms with Crippen LogP contribution >= 0.6 is 0 Å². The van der Waals surface area contributed by atoms with Crippen LogP contribution in [0.1, 0.15) is 11.1 Å². The molecule has 0 spiro atoms. The lowest BCUT2D eigenvalue weighted by Crippen LogP contribution is -2.34. The van der Waals surface area contributed by atoms with E-state index in [1.54, 1.807) is 0 Å². The number of nitrogens with two attached hydrogens (primary N) is 1. The maximum absolute atomic E-state index is 11.8. The Hall–Kier alpha value is -2.75. The lowest BCUT2D eigenvalue weighted by molar-refractivity contribution is -0.146. The third-order valence-corrected chi connectivity index (χ3v) is 2.83. The normalized spacial score (nSPS) is 10.6. The number of nitrogens with one attached hydrogen (secondary N) is 1. The summed E-state index contributed by atoms with van der Waals surface area (Å²) in [7, 11) is 0. The Labute approximate surface area is 129 Å². The molecule has 0 unspecified atom stereocenters. The van der Waals surface area contributed by atoms with Gasteiger partial charge < -0.3 is 10.5 Å². The predicted octanol–water partition coefficient (Wildman–Crippen LogP) is 2.20. The molecule has 1 atom stereocenters. The zero-order chi connectivity index (χ0) is 16.2. The number of hydrogen-bond donors (Lipinski definition) is 2. The van der Waals surface area contributed by atoms with Crippen molar-refractivity contribution in [3.05, 3.63) is 71.8 Å². The molecule has 0 aromatic heterocycles. The van der Waals surface area contributed by atoms with Gasteiger partial charge in [-0.1, -0.05) is 60.7 Å². The molecule has 2 aromatic rings. The standard InChI is InChI=1S/C16H17NO2.CHNO/c17-15(11-13-7-3-1-4-8-13)16(18)19-12-14-9-5-2-6-10-14;2-1-3/h1-10,15H,11-12,17H2;2H/t15-;/m0./s1. The lowest BCUT2D eigenvalue weighted by atomic mass is 10.1. The Balaban J connectivity index is 0.000000745. The van der Waals surface area contributed by atoms with E-state index in [0.717, 1.165) is 17.2 Å². The van der Waals surface area contributed by atoms with Crippen LogP contribution in [0.15, 0.2) is 60.7 Å². The molecule has 0 radical (unpaired) electrons. The molecule has 0 fully saturated rings. The van der Waals surface area contributed by atoms with Crippen molar-refractivity contribution in [1.82, 2.24) is 0 Å². The summed E-state index contributed by atoms with van der Waals surface area (Å²) >= 11 is 0. The number of carbonyl (C=O) groups is 1. The van der Waals surface area contributed by atoms with Gasteiger partial charge >= 0.3 is 5.97 Å². The second-order valence-corrected chi connectivity index (χ2v) is 4.49. The zero-order valence-corrected chi connectivity index (χ0v) is 12.1. The number of hydrogen-bond acceptors (Lipinski definition) is 5. The highest BCUT2D eigenvalue weighted by Gasteiger charge is 2.15. The van der Waals surface area contributed by atoms with E-state index in [-0.39, 0.29) is 12.6 Å². The van der Waals surface area contributed by atoms with Gasteiger partial charge in [0.25, 0.3) is 0 Å². The first-order valence-electron chi connectivity index (χ1n) is 6.71. The minimum atomic E-state index is -0.619. The van der Waals surface area contributed by atoms with E-state index in [0.29, 0.717) is 6.42 Å². The molecule has 2 rings (SSSR count). The van der Waals surface area contributed by atoms with Gasteiger partial charge in [-0.2, -0.15) is 0 Å². The average molecular weight is 298 g/mol. The fourth-order valence-corrected chi connectivity index (χ4v) is 1.79. The van der Waals surface area contributed by atoms with Gasteiger partial charge in [0.1, 0.15) is 12.6 Å². The Bertz CT molecular complexity index is 594. The van der Waals surface area contributed by atoms with Gasteiger partial charge in [-0.25, -0.2) is 10.2 Å². The minimum absolute atomic E-state index is 0.266. The Kier molecular flexibility index (Phi) is 7.90. The number of carbonyl (C=O) groups excluding carboxylic acids is 2. The lowest BCUT2D eigenvalue weighted by Gasteiger charge is -2.11. The van der Waals surface area contributed by atoms with Crippen LogP contribution in [0.2, 0.25) is 0 Å². The van der Waals surface area contributed by atoms with Gasteiger partial charge in [-0.15, -0.1) is 0 Å². The number of rotatable bonds is 5. The van der Waals surface area contributed by atoms with Crippen molar-refractivity contribution < 1.29 is 14.3 Å². The molecule has 0 aliphatic rings. The first-order chi connectivity index (χ1) is 10.7. The van der Waals surface area contributed by atoms with E-state index in [1.165, 1.54) is 0 Å². The first-order valence-corrected chi connectivity index (χ1v) is 6.71. The van der Waals surface area contributed by atoms with E-state index >= 15 is 0 Å². The quantitative estimate of drug-likeness (QED) is 0.503. The molecule has 2 aromatic carbocycles. The molecule has 0 heterocycles. The zero-order valence-electron chi connectivity index (χ0n) is 12.1. The summed E-state index contributed by atoms with van der Waals surface area (Å²) in [5.41, 5.74) is 7.83. The first kappa shape index (κ1) is 17.3. The smallest absolute Gasteiger partial charge is 0.323 e. The molecule has 3 N–H and O–H groups in total. The molecule has 0 saturated heterocycles. The Morgan fingerprint density at radius 3 is 2.00 bits per heavy atom. The number of benzene rings is 2. The van der Waals surface area contributed by atoms with Gasteiger partial charge in [0, 0.05) is 0 Å². The molecular weight excluding hydrogens is 280 g/mol. The SMILES string of the molecule is N=C=O.N[C@@H](Cc1ccccc1)C(=O)OCc1ccccc1. The summed E-state index contributed by atoms with van der Waals surface area (Å²) in [6.07, 6.45) is 1.24. The fourth-order valence-electron chi connectivity index (χ4n) is 1.79. The van der Waals surface area contributed by atoms with E-state index in [2.05, 4.69) is 0 Å². The van der Waals surface area contributed by atoms with Crippen molar-refractivity contribution >= 4 is 12.0 Å². The van der Waals surface area contributed by atoms with Crippen LogP contribution in [-0.2, 0) is 27.4 Å². The van der Waals surface area contributed by atoms with Gasteiger partial charge in [-0.3, -0.25) is 4.79 Å². The topological polar surface area (TPSA) is 93.2 Å². The monoisotopic (exact) mass is 298 g/mol. The van der Waals surface area contributed by atoms with Crippen LogP contribution in [0.3, 0.4) is 0 Å². The summed E-state index contributed by atoms with van der Waals surface area (Å²) in [6.45, 7) is 0.266. The van der Waals surface area contributed by atoms with Crippen LogP contribution in [0, 0.1) is 5.41 Å². The molecule has 0 amide bonds.